The molecule has 7 heteroatoms. The van der Waals surface area contributed by atoms with Crippen molar-refractivity contribution in [1.82, 2.24) is 14.9 Å². The maximum Gasteiger partial charge on any atom is 0.240 e. The fourth-order valence-corrected chi connectivity index (χ4v) is 4.76. The zero-order chi connectivity index (χ0) is 21.3. The summed E-state index contributed by atoms with van der Waals surface area (Å²) in [4.78, 5) is 13.4. The summed E-state index contributed by atoms with van der Waals surface area (Å²) in [5.41, 5.74) is 8.84. The monoisotopic (exact) mass is 421 g/mol. The Morgan fingerprint density at radius 1 is 1.10 bits per heavy atom. The fraction of sp³-hybridized carbons (Fsp3) is 0.348. The van der Waals surface area contributed by atoms with Gasteiger partial charge in [0.05, 0.1) is 6.04 Å². The summed E-state index contributed by atoms with van der Waals surface area (Å²) in [5, 5.41) is 12.1. The van der Waals surface area contributed by atoms with E-state index >= 15 is 0 Å². The third-order valence-electron chi connectivity index (χ3n) is 5.31. The van der Waals surface area contributed by atoms with Crippen molar-refractivity contribution < 1.29 is 4.79 Å². The van der Waals surface area contributed by atoms with E-state index in [1.165, 1.54) is 22.9 Å². The highest BCUT2D eigenvalue weighted by Crippen LogP contribution is 2.38. The number of fused-ring (bicyclic) bond motifs is 1. The van der Waals surface area contributed by atoms with Crippen molar-refractivity contribution >= 4 is 23.4 Å². The molecule has 0 spiro atoms. The van der Waals surface area contributed by atoms with Gasteiger partial charge in [-0.15, -0.1) is 10.2 Å². The van der Waals surface area contributed by atoms with Crippen LogP contribution in [0.15, 0.2) is 47.6 Å². The average molecular weight is 422 g/mol. The summed E-state index contributed by atoms with van der Waals surface area (Å²) in [6.45, 7) is 8.25. The Morgan fingerprint density at radius 3 is 2.53 bits per heavy atom. The maximum absolute atomic E-state index is 13.4. The highest BCUT2D eigenvalue weighted by atomic mass is 32.2. The second-order valence-electron chi connectivity index (χ2n) is 7.85. The predicted octanol–water partition coefficient (Wildman–Crippen LogP) is 4.55. The minimum atomic E-state index is -0.375. The van der Waals surface area contributed by atoms with Crippen molar-refractivity contribution in [3.05, 3.63) is 70.5 Å². The molecule has 0 radical (unpaired) electrons. The highest BCUT2D eigenvalue weighted by Gasteiger charge is 2.37. The van der Waals surface area contributed by atoms with Crippen LogP contribution in [0.2, 0.25) is 0 Å². The number of hydrogen-bond donors (Lipinski definition) is 2. The summed E-state index contributed by atoms with van der Waals surface area (Å²) >= 11 is 1.46. The summed E-state index contributed by atoms with van der Waals surface area (Å²) in [5.74, 6) is 0.849. The lowest BCUT2D eigenvalue weighted by atomic mass is 10.0. The molecule has 6 nitrogen and oxygen atoms in total. The molecule has 2 N–H and O–H groups in total. The van der Waals surface area contributed by atoms with Gasteiger partial charge in [0.2, 0.25) is 11.1 Å². The smallest absolute Gasteiger partial charge is 0.240 e. The second kappa shape index (κ2) is 8.52. The van der Waals surface area contributed by atoms with Crippen LogP contribution in [0.25, 0.3) is 0 Å². The molecule has 0 aliphatic carbocycles. The van der Waals surface area contributed by atoms with Gasteiger partial charge in [0.1, 0.15) is 5.25 Å². The van der Waals surface area contributed by atoms with Gasteiger partial charge in [-0.1, -0.05) is 66.2 Å². The van der Waals surface area contributed by atoms with E-state index in [1.54, 1.807) is 0 Å². The van der Waals surface area contributed by atoms with Crippen molar-refractivity contribution in [3.8, 4) is 0 Å². The van der Waals surface area contributed by atoms with Gasteiger partial charge in [0.15, 0.2) is 5.82 Å². The third kappa shape index (κ3) is 4.07. The molecular formula is C23H27N5OS. The minimum absolute atomic E-state index is 0.0451. The minimum Gasteiger partial charge on any atom is -0.325 e. The zero-order valence-electron chi connectivity index (χ0n) is 17.8. The Labute approximate surface area is 181 Å². The zero-order valence-corrected chi connectivity index (χ0v) is 18.6. The highest BCUT2D eigenvalue weighted by molar-refractivity contribution is 8.00. The SMILES string of the molecule is CCCc1nnc2n1N[C@H](c1ccc(C)cc1)[C@H](C(=O)Nc1ccc(C)cc1C)S2. The third-order valence-corrected chi connectivity index (χ3v) is 6.53. The summed E-state index contributed by atoms with van der Waals surface area (Å²) < 4.78 is 1.94. The molecule has 4 rings (SSSR count). The maximum atomic E-state index is 13.4. The molecule has 3 aromatic rings. The first-order valence-corrected chi connectivity index (χ1v) is 11.2. The molecule has 1 amide bonds. The fourth-order valence-electron chi connectivity index (χ4n) is 3.67. The van der Waals surface area contributed by atoms with E-state index in [4.69, 9.17) is 0 Å². The van der Waals surface area contributed by atoms with Crippen LogP contribution in [0, 0.1) is 20.8 Å². The average Bonchev–Trinajstić information content (AvgIpc) is 3.12. The van der Waals surface area contributed by atoms with Crippen molar-refractivity contribution in [2.45, 2.75) is 57.0 Å². The lowest BCUT2D eigenvalue weighted by Gasteiger charge is -2.33. The number of benzene rings is 2. The second-order valence-corrected chi connectivity index (χ2v) is 8.96. The van der Waals surface area contributed by atoms with Gasteiger partial charge in [-0.3, -0.25) is 4.79 Å². The van der Waals surface area contributed by atoms with Crippen LogP contribution >= 0.6 is 11.8 Å². The molecule has 30 heavy (non-hydrogen) atoms. The van der Waals surface area contributed by atoms with Crippen LogP contribution in [0.1, 0.15) is 47.5 Å². The van der Waals surface area contributed by atoms with Crippen LogP contribution in [0.4, 0.5) is 5.69 Å². The molecule has 2 aromatic carbocycles. The number of nitrogens with one attached hydrogen (secondary N) is 2. The molecule has 0 saturated carbocycles. The van der Waals surface area contributed by atoms with Gasteiger partial charge in [-0.25, -0.2) is 4.68 Å². The molecule has 0 bridgehead atoms. The first-order chi connectivity index (χ1) is 14.5. The number of carbonyl (C=O) groups is 1. The molecule has 0 fully saturated rings. The number of amides is 1. The van der Waals surface area contributed by atoms with E-state index in [2.05, 4.69) is 65.1 Å². The van der Waals surface area contributed by atoms with Gasteiger partial charge in [-0.05, 0) is 44.4 Å². The van der Waals surface area contributed by atoms with E-state index in [-0.39, 0.29) is 17.2 Å². The number of aryl methyl sites for hydroxylation is 4. The number of aromatic nitrogens is 3. The molecule has 156 valence electrons. The van der Waals surface area contributed by atoms with E-state index in [0.29, 0.717) is 0 Å². The van der Waals surface area contributed by atoms with Crippen LogP contribution in [0.5, 0.6) is 0 Å². The Bertz CT molecular complexity index is 1060. The Hall–Kier alpha value is -2.80. The first-order valence-electron chi connectivity index (χ1n) is 10.3. The normalized spacial score (nSPS) is 17.9. The Balaban J connectivity index is 1.67. The molecule has 1 aromatic heterocycles. The molecule has 0 unspecified atom stereocenters. The molecule has 1 aliphatic rings. The van der Waals surface area contributed by atoms with Gasteiger partial charge in [0.25, 0.3) is 0 Å². The van der Waals surface area contributed by atoms with Gasteiger partial charge in [0, 0.05) is 12.1 Å². The summed E-state index contributed by atoms with van der Waals surface area (Å²) in [6, 6.07) is 14.2. The van der Waals surface area contributed by atoms with E-state index in [9.17, 15) is 4.79 Å². The van der Waals surface area contributed by atoms with E-state index < -0.39 is 0 Å². The van der Waals surface area contributed by atoms with Crippen molar-refractivity contribution in [3.63, 3.8) is 0 Å². The van der Waals surface area contributed by atoms with Gasteiger partial charge >= 0.3 is 0 Å². The van der Waals surface area contributed by atoms with Crippen LogP contribution < -0.4 is 10.7 Å². The first kappa shape index (κ1) is 20.5. The van der Waals surface area contributed by atoms with Gasteiger partial charge < -0.3 is 10.7 Å². The van der Waals surface area contributed by atoms with E-state index in [0.717, 1.165) is 40.6 Å². The van der Waals surface area contributed by atoms with Crippen molar-refractivity contribution in [2.75, 3.05) is 10.7 Å². The van der Waals surface area contributed by atoms with Crippen LogP contribution in [0.3, 0.4) is 0 Å². The lowest BCUT2D eigenvalue weighted by molar-refractivity contribution is -0.116. The Morgan fingerprint density at radius 2 is 1.83 bits per heavy atom. The van der Waals surface area contributed by atoms with Crippen molar-refractivity contribution in [2.24, 2.45) is 0 Å². The molecule has 2 heterocycles. The lowest BCUT2D eigenvalue weighted by Crippen LogP contribution is -2.41. The molecule has 0 saturated heterocycles. The van der Waals surface area contributed by atoms with Crippen LogP contribution in [-0.4, -0.2) is 26.0 Å². The quantitative estimate of drug-likeness (QED) is 0.632. The van der Waals surface area contributed by atoms with Crippen molar-refractivity contribution in [1.29, 1.82) is 0 Å². The number of rotatable bonds is 5. The predicted molar refractivity (Wildman–Crippen MR) is 121 cm³/mol. The summed E-state index contributed by atoms with van der Waals surface area (Å²) in [7, 11) is 0. The van der Waals surface area contributed by atoms with Crippen LogP contribution in [-0.2, 0) is 11.2 Å². The number of nitrogens with zero attached hydrogens (tertiary/aromatic N) is 3. The van der Waals surface area contributed by atoms with Gasteiger partial charge in [-0.2, -0.15) is 0 Å². The topological polar surface area (TPSA) is 71.8 Å². The number of thioether (sulfide) groups is 1. The van der Waals surface area contributed by atoms with E-state index in [1.807, 2.05) is 30.7 Å². The largest absolute Gasteiger partial charge is 0.325 e. The Kier molecular flexibility index (Phi) is 5.81. The number of anilines is 1. The number of carbonyl (C=O) groups excluding carboxylic acids is 1. The standard InChI is InChI=1S/C23H27N5OS/c1-5-6-19-25-26-23-28(19)27-20(17-10-7-14(2)8-11-17)21(30-23)22(29)24-18-12-9-15(3)13-16(18)4/h7-13,20-21,27H,5-6H2,1-4H3,(H,24,29)/t20-,21-/m1/s1. The number of hydrogen-bond acceptors (Lipinski definition) is 5. The molecule has 2 atom stereocenters. The molecule has 1 aliphatic heterocycles. The summed E-state index contributed by atoms with van der Waals surface area (Å²) in [6.07, 6.45) is 1.82. The molecular weight excluding hydrogens is 394 g/mol.